The van der Waals surface area contributed by atoms with E-state index in [9.17, 15) is 14.0 Å². The lowest BCUT2D eigenvalue weighted by molar-refractivity contribution is 0.0988. The summed E-state index contributed by atoms with van der Waals surface area (Å²) in [6, 6.07) is 8.37. The molecule has 3 heterocycles. The van der Waals surface area contributed by atoms with Gasteiger partial charge >= 0.3 is 0 Å². The molecule has 7 heteroatoms. The number of aryl methyl sites for hydroxylation is 1. The molecule has 4 rings (SSSR count). The van der Waals surface area contributed by atoms with Crippen LogP contribution >= 0.6 is 11.6 Å². The Kier molecular flexibility index (Phi) is 6.82. The van der Waals surface area contributed by atoms with Gasteiger partial charge in [-0.1, -0.05) is 23.7 Å². The lowest BCUT2D eigenvalue weighted by Crippen LogP contribution is -2.28. The highest BCUT2D eigenvalue weighted by molar-refractivity contribution is 6.35. The van der Waals surface area contributed by atoms with E-state index < -0.39 is 11.6 Å². The Bertz CT molecular complexity index is 1130. The van der Waals surface area contributed by atoms with Crippen LogP contribution < -0.4 is 5.32 Å². The number of rotatable bonds is 7. The number of benzene rings is 1. The van der Waals surface area contributed by atoms with Crippen molar-refractivity contribution in [2.24, 2.45) is 5.92 Å². The fourth-order valence-corrected chi connectivity index (χ4v) is 4.27. The van der Waals surface area contributed by atoms with Crippen molar-refractivity contribution in [3.05, 3.63) is 87.2 Å². The molecule has 3 aromatic rings. The van der Waals surface area contributed by atoms with Crippen LogP contribution in [0, 0.1) is 18.7 Å². The molecule has 1 fully saturated rings. The number of ketones is 2. The van der Waals surface area contributed by atoms with E-state index in [0.29, 0.717) is 11.5 Å². The third-order valence-corrected chi connectivity index (χ3v) is 6.28. The first-order valence-electron chi connectivity index (χ1n) is 10.8. The molecule has 0 bridgehead atoms. The number of nitrogens with zero attached hydrogens (tertiary/aromatic N) is 1. The molecule has 32 heavy (non-hydrogen) atoms. The SMILES string of the molecule is Cc1ccc(Cl)c(C(=O)c2c[nH]c(C(=O)Cc3ccc(CC4CCNCC4)nc3)c2)c1F. The molecule has 0 spiro atoms. The minimum Gasteiger partial charge on any atom is -0.358 e. The molecule has 1 aliphatic heterocycles. The summed E-state index contributed by atoms with van der Waals surface area (Å²) >= 11 is 6.05. The number of H-pyrrole nitrogens is 1. The van der Waals surface area contributed by atoms with E-state index in [1.165, 1.54) is 24.4 Å². The Balaban J connectivity index is 1.42. The predicted molar refractivity (Wildman–Crippen MR) is 122 cm³/mol. The van der Waals surface area contributed by atoms with Gasteiger partial charge in [0, 0.05) is 30.1 Å². The predicted octanol–water partition coefficient (Wildman–Crippen LogP) is 4.71. The second kappa shape index (κ2) is 9.76. The number of hydrogen-bond acceptors (Lipinski definition) is 4. The molecule has 2 N–H and O–H groups in total. The van der Waals surface area contributed by atoms with Crippen molar-refractivity contribution in [1.82, 2.24) is 15.3 Å². The van der Waals surface area contributed by atoms with Crippen LogP contribution in [0.25, 0.3) is 0 Å². The average Bonchev–Trinajstić information content (AvgIpc) is 3.29. The van der Waals surface area contributed by atoms with Gasteiger partial charge in [0.05, 0.1) is 16.3 Å². The lowest BCUT2D eigenvalue weighted by Gasteiger charge is -2.22. The van der Waals surface area contributed by atoms with Crippen LogP contribution in [0.5, 0.6) is 0 Å². The summed E-state index contributed by atoms with van der Waals surface area (Å²) in [6.45, 7) is 3.68. The Morgan fingerprint density at radius 3 is 2.69 bits per heavy atom. The zero-order chi connectivity index (χ0) is 22.7. The molecule has 0 aliphatic carbocycles. The number of carbonyl (C=O) groups excluding carboxylic acids is 2. The first-order valence-corrected chi connectivity index (χ1v) is 11.2. The van der Waals surface area contributed by atoms with Gasteiger partial charge in [-0.3, -0.25) is 14.6 Å². The maximum absolute atomic E-state index is 14.4. The second-order valence-electron chi connectivity index (χ2n) is 8.34. The number of pyridine rings is 1. The van der Waals surface area contributed by atoms with Gasteiger partial charge in [0.25, 0.3) is 0 Å². The van der Waals surface area contributed by atoms with Crippen LogP contribution in [0.2, 0.25) is 5.02 Å². The third-order valence-electron chi connectivity index (χ3n) is 5.96. The Labute approximate surface area is 191 Å². The monoisotopic (exact) mass is 453 g/mol. The minimum atomic E-state index is -0.646. The topological polar surface area (TPSA) is 74.8 Å². The quantitative estimate of drug-likeness (QED) is 0.508. The molecule has 1 aromatic carbocycles. The van der Waals surface area contributed by atoms with E-state index in [0.717, 1.165) is 43.6 Å². The van der Waals surface area contributed by atoms with Gasteiger partial charge in [0.15, 0.2) is 11.6 Å². The Hall–Kier alpha value is -2.83. The van der Waals surface area contributed by atoms with Crippen molar-refractivity contribution in [3.63, 3.8) is 0 Å². The highest BCUT2D eigenvalue weighted by atomic mass is 35.5. The molecule has 5 nitrogen and oxygen atoms in total. The van der Waals surface area contributed by atoms with Gasteiger partial charge in [-0.15, -0.1) is 0 Å². The van der Waals surface area contributed by atoms with Crippen LogP contribution in [-0.4, -0.2) is 34.6 Å². The van der Waals surface area contributed by atoms with Crippen molar-refractivity contribution in [1.29, 1.82) is 0 Å². The number of hydrogen-bond donors (Lipinski definition) is 2. The van der Waals surface area contributed by atoms with E-state index in [1.807, 2.05) is 12.1 Å². The molecule has 0 amide bonds. The van der Waals surface area contributed by atoms with E-state index in [2.05, 4.69) is 15.3 Å². The van der Waals surface area contributed by atoms with Gasteiger partial charge in [0.1, 0.15) is 5.82 Å². The molecule has 0 unspecified atom stereocenters. The summed E-state index contributed by atoms with van der Waals surface area (Å²) in [7, 11) is 0. The molecular weight excluding hydrogens is 429 g/mol. The number of halogens is 2. The highest BCUT2D eigenvalue weighted by Crippen LogP contribution is 2.25. The molecule has 0 atom stereocenters. The van der Waals surface area contributed by atoms with Crippen molar-refractivity contribution in [3.8, 4) is 0 Å². The highest BCUT2D eigenvalue weighted by Gasteiger charge is 2.22. The van der Waals surface area contributed by atoms with Crippen molar-refractivity contribution in [2.45, 2.75) is 32.6 Å². The maximum Gasteiger partial charge on any atom is 0.199 e. The molecular formula is C25H25ClFN3O2. The summed E-state index contributed by atoms with van der Waals surface area (Å²) in [5, 5.41) is 3.41. The fourth-order valence-electron chi connectivity index (χ4n) is 4.04. The van der Waals surface area contributed by atoms with E-state index in [4.69, 9.17) is 11.6 Å². The van der Waals surface area contributed by atoms with E-state index in [1.54, 1.807) is 13.1 Å². The van der Waals surface area contributed by atoms with Crippen LogP contribution in [0.1, 0.15) is 56.1 Å². The summed E-state index contributed by atoms with van der Waals surface area (Å²) < 4.78 is 14.4. The zero-order valence-electron chi connectivity index (χ0n) is 17.9. The third kappa shape index (κ3) is 4.97. The van der Waals surface area contributed by atoms with Crippen molar-refractivity contribution < 1.29 is 14.0 Å². The van der Waals surface area contributed by atoms with Gasteiger partial charge in [-0.2, -0.15) is 0 Å². The van der Waals surface area contributed by atoms with Gasteiger partial charge in [-0.25, -0.2) is 4.39 Å². The molecule has 0 saturated carbocycles. The normalized spacial score (nSPS) is 14.5. The van der Waals surface area contributed by atoms with E-state index >= 15 is 0 Å². The summed E-state index contributed by atoms with van der Waals surface area (Å²) in [5.41, 5.74) is 2.47. The van der Waals surface area contributed by atoms with Crippen LogP contribution in [0.3, 0.4) is 0 Å². The molecule has 1 saturated heterocycles. The average molecular weight is 454 g/mol. The molecule has 0 radical (unpaired) electrons. The largest absolute Gasteiger partial charge is 0.358 e. The number of carbonyl (C=O) groups is 2. The lowest BCUT2D eigenvalue weighted by atomic mass is 9.93. The number of Topliss-reactive ketones (excluding diaryl/α,β-unsaturated/α-hetero) is 1. The summed E-state index contributed by atoms with van der Waals surface area (Å²) in [6.07, 6.45) is 6.59. The molecule has 2 aromatic heterocycles. The van der Waals surface area contributed by atoms with Crippen LogP contribution in [0.15, 0.2) is 42.7 Å². The number of nitrogens with one attached hydrogen (secondary N) is 2. The van der Waals surface area contributed by atoms with Gasteiger partial charge in [0.2, 0.25) is 0 Å². The van der Waals surface area contributed by atoms with Crippen LogP contribution in [0.4, 0.5) is 4.39 Å². The van der Waals surface area contributed by atoms with Gasteiger partial charge in [-0.05, 0) is 74.5 Å². The first kappa shape index (κ1) is 22.4. The zero-order valence-corrected chi connectivity index (χ0v) is 18.6. The minimum absolute atomic E-state index is 0.0443. The van der Waals surface area contributed by atoms with Crippen LogP contribution in [-0.2, 0) is 12.8 Å². The Morgan fingerprint density at radius 2 is 1.97 bits per heavy atom. The van der Waals surface area contributed by atoms with Crippen molar-refractivity contribution in [2.75, 3.05) is 13.1 Å². The first-order chi connectivity index (χ1) is 15.4. The summed E-state index contributed by atoms with van der Waals surface area (Å²) in [4.78, 5) is 32.8. The van der Waals surface area contributed by atoms with E-state index in [-0.39, 0.29) is 34.0 Å². The summed E-state index contributed by atoms with van der Waals surface area (Å²) in [5.74, 6) is -0.728. The fraction of sp³-hybridized carbons (Fsp3) is 0.320. The van der Waals surface area contributed by atoms with Gasteiger partial charge < -0.3 is 10.3 Å². The number of piperidine rings is 1. The van der Waals surface area contributed by atoms with Crippen molar-refractivity contribution >= 4 is 23.2 Å². The maximum atomic E-state index is 14.4. The standard InChI is InChI=1S/C25H25ClFN3O2/c1-15-2-5-20(26)23(24(15)27)25(32)18-12-21(30-14-18)22(31)11-17-3-4-19(29-13-17)10-16-6-8-28-9-7-16/h2-5,12-14,16,28,30H,6-11H2,1H3. The molecule has 166 valence electrons. The smallest absolute Gasteiger partial charge is 0.199 e. The molecule has 1 aliphatic rings. The number of aromatic amines is 1. The second-order valence-corrected chi connectivity index (χ2v) is 8.75. The Morgan fingerprint density at radius 1 is 1.19 bits per heavy atom. The number of aromatic nitrogens is 2.